The highest BCUT2D eigenvalue weighted by Crippen LogP contribution is 2.27. The number of anilines is 1. The van der Waals surface area contributed by atoms with Crippen molar-refractivity contribution in [2.24, 2.45) is 5.92 Å². The molecule has 0 spiro atoms. The lowest BCUT2D eigenvalue weighted by Crippen LogP contribution is -2.43. The number of nitrogens with one attached hydrogen (secondary N) is 1. The summed E-state index contributed by atoms with van der Waals surface area (Å²) in [5, 5.41) is 3.87. The number of carbonyl (C=O) groups excluding carboxylic acids is 1. The molecule has 1 unspecified atom stereocenters. The Kier molecular flexibility index (Phi) is 6.52. The van der Waals surface area contributed by atoms with Gasteiger partial charge in [0.1, 0.15) is 5.82 Å². The standard InChI is InChI=1S/C26H30N4O3S/c31-26(27-18-20-7-2-1-3-8-20)22-9-6-14-29(19-22)25-13-10-21-17-23(11-12-24(21)28-25)34(32,33)30-15-4-5-16-30/h1-3,7-8,10-13,17,22H,4-6,9,14-16,18-19H2,(H,27,31). The highest BCUT2D eigenvalue weighted by molar-refractivity contribution is 7.89. The Bertz CT molecular complexity index is 1270. The third-order valence-corrected chi connectivity index (χ3v) is 8.67. The molecular weight excluding hydrogens is 448 g/mol. The van der Waals surface area contributed by atoms with Crippen LogP contribution in [0.3, 0.4) is 0 Å². The fourth-order valence-electron chi connectivity index (χ4n) is 4.84. The molecule has 3 heterocycles. The Morgan fingerprint density at radius 3 is 2.56 bits per heavy atom. The van der Waals surface area contributed by atoms with E-state index in [1.807, 2.05) is 42.5 Å². The van der Waals surface area contributed by atoms with E-state index in [0.717, 1.165) is 54.5 Å². The number of aromatic nitrogens is 1. The molecule has 2 aliphatic heterocycles. The van der Waals surface area contributed by atoms with Gasteiger partial charge in [0.15, 0.2) is 0 Å². The summed E-state index contributed by atoms with van der Waals surface area (Å²) in [6.45, 7) is 3.19. The number of hydrogen-bond acceptors (Lipinski definition) is 5. The van der Waals surface area contributed by atoms with Crippen molar-refractivity contribution in [2.45, 2.75) is 37.1 Å². The molecule has 34 heavy (non-hydrogen) atoms. The number of fused-ring (bicyclic) bond motifs is 1. The number of piperidine rings is 1. The molecule has 0 bridgehead atoms. The first-order chi connectivity index (χ1) is 16.5. The zero-order valence-electron chi connectivity index (χ0n) is 19.2. The SMILES string of the molecule is O=C(NCc1ccccc1)C1CCCN(c2ccc3cc(S(=O)(=O)N4CCCC4)ccc3n2)C1. The van der Waals surface area contributed by atoms with Crippen LogP contribution in [-0.4, -0.2) is 49.8 Å². The second-order valence-corrected chi connectivity index (χ2v) is 11.1. The molecule has 2 aromatic carbocycles. The van der Waals surface area contributed by atoms with Gasteiger partial charge >= 0.3 is 0 Å². The van der Waals surface area contributed by atoms with E-state index < -0.39 is 10.0 Å². The van der Waals surface area contributed by atoms with Gasteiger partial charge in [0, 0.05) is 38.1 Å². The number of sulfonamides is 1. The van der Waals surface area contributed by atoms with E-state index in [4.69, 9.17) is 4.98 Å². The van der Waals surface area contributed by atoms with Gasteiger partial charge in [-0.3, -0.25) is 4.79 Å². The van der Waals surface area contributed by atoms with Gasteiger partial charge in [0.25, 0.3) is 0 Å². The molecule has 2 fully saturated rings. The van der Waals surface area contributed by atoms with Crippen molar-refractivity contribution < 1.29 is 13.2 Å². The molecule has 0 aliphatic carbocycles. The van der Waals surface area contributed by atoms with Gasteiger partial charge in [-0.05, 0) is 61.6 Å². The second-order valence-electron chi connectivity index (χ2n) is 9.12. The topological polar surface area (TPSA) is 82.6 Å². The monoisotopic (exact) mass is 478 g/mol. The Labute approximate surface area is 200 Å². The van der Waals surface area contributed by atoms with Crippen LogP contribution in [0.25, 0.3) is 10.9 Å². The molecule has 1 amide bonds. The minimum Gasteiger partial charge on any atom is -0.356 e. The van der Waals surface area contributed by atoms with Crippen LogP contribution in [0.2, 0.25) is 0 Å². The minimum atomic E-state index is -3.45. The Balaban J connectivity index is 1.28. The van der Waals surface area contributed by atoms with Crippen LogP contribution < -0.4 is 10.2 Å². The smallest absolute Gasteiger partial charge is 0.243 e. The van der Waals surface area contributed by atoms with Crippen LogP contribution in [0, 0.1) is 5.92 Å². The average molecular weight is 479 g/mol. The highest BCUT2D eigenvalue weighted by atomic mass is 32.2. The predicted molar refractivity (Wildman–Crippen MR) is 133 cm³/mol. The van der Waals surface area contributed by atoms with E-state index in [0.29, 0.717) is 31.1 Å². The molecule has 2 aliphatic rings. The molecule has 7 nitrogen and oxygen atoms in total. The molecule has 8 heteroatoms. The molecule has 178 valence electrons. The summed E-state index contributed by atoms with van der Waals surface area (Å²) in [4.78, 5) is 20.1. The number of carbonyl (C=O) groups is 1. The van der Waals surface area contributed by atoms with Gasteiger partial charge < -0.3 is 10.2 Å². The molecular formula is C26H30N4O3S. The maximum atomic E-state index is 12.9. The van der Waals surface area contributed by atoms with Crippen LogP contribution in [0.4, 0.5) is 5.82 Å². The largest absolute Gasteiger partial charge is 0.356 e. The van der Waals surface area contributed by atoms with Crippen molar-refractivity contribution >= 4 is 32.7 Å². The van der Waals surface area contributed by atoms with Crippen LogP contribution in [-0.2, 0) is 21.4 Å². The maximum Gasteiger partial charge on any atom is 0.243 e. The van der Waals surface area contributed by atoms with Crippen LogP contribution in [0.5, 0.6) is 0 Å². The molecule has 0 radical (unpaired) electrons. The van der Waals surface area contributed by atoms with Gasteiger partial charge in [0.05, 0.1) is 16.3 Å². The van der Waals surface area contributed by atoms with Crippen LogP contribution in [0.1, 0.15) is 31.2 Å². The zero-order chi connectivity index (χ0) is 23.5. The zero-order valence-corrected chi connectivity index (χ0v) is 20.0. The molecule has 1 atom stereocenters. The van der Waals surface area contributed by atoms with Gasteiger partial charge in [-0.1, -0.05) is 30.3 Å². The number of amides is 1. The Hall–Kier alpha value is -2.97. The van der Waals surface area contributed by atoms with Gasteiger partial charge in [-0.15, -0.1) is 0 Å². The summed E-state index contributed by atoms with van der Waals surface area (Å²) in [6, 6.07) is 18.9. The van der Waals surface area contributed by atoms with Crippen molar-refractivity contribution in [3.63, 3.8) is 0 Å². The number of rotatable bonds is 6. The number of benzene rings is 2. The first-order valence-electron chi connectivity index (χ1n) is 12.0. The quantitative estimate of drug-likeness (QED) is 0.586. The van der Waals surface area contributed by atoms with E-state index in [1.54, 1.807) is 22.5 Å². The summed E-state index contributed by atoms with van der Waals surface area (Å²) in [6.07, 6.45) is 3.62. The first kappa shape index (κ1) is 22.8. The van der Waals surface area contributed by atoms with Crippen LogP contribution >= 0.6 is 0 Å². The average Bonchev–Trinajstić information content (AvgIpc) is 3.43. The third-order valence-electron chi connectivity index (χ3n) is 6.77. The predicted octanol–water partition coefficient (Wildman–Crippen LogP) is 3.55. The normalized spacial score (nSPS) is 19.4. The first-order valence-corrected chi connectivity index (χ1v) is 13.4. The molecule has 3 aromatic rings. The van der Waals surface area contributed by atoms with Gasteiger partial charge in [-0.25, -0.2) is 13.4 Å². The van der Waals surface area contributed by atoms with Gasteiger partial charge in [-0.2, -0.15) is 4.31 Å². The molecule has 0 saturated carbocycles. The van der Waals surface area contributed by atoms with Crippen molar-refractivity contribution in [3.8, 4) is 0 Å². The van der Waals surface area contributed by atoms with E-state index in [-0.39, 0.29) is 11.8 Å². The van der Waals surface area contributed by atoms with Gasteiger partial charge in [0.2, 0.25) is 15.9 Å². The van der Waals surface area contributed by atoms with E-state index >= 15 is 0 Å². The van der Waals surface area contributed by atoms with E-state index in [9.17, 15) is 13.2 Å². The molecule has 1 N–H and O–H groups in total. The van der Waals surface area contributed by atoms with Crippen LogP contribution in [0.15, 0.2) is 65.6 Å². The maximum absolute atomic E-state index is 12.9. The number of nitrogens with zero attached hydrogens (tertiary/aromatic N) is 3. The van der Waals surface area contributed by atoms with Crippen molar-refractivity contribution in [1.82, 2.24) is 14.6 Å². The van der Waals surface area contributed by atoms with Crippen molar-refractivity contribution in [3.05, 3.63) is 66.2 Å². The second kappa shape index (κ2) is 9.72. The van der Waals surface area contributed by atoms with Crippen molar-refractivity contribution in [1.29, 1.82) is 0 Å². The lowest BCUT2D eigenvalue weighted by molar-refractivity contribution is -0.125. The Morgan fingerprint density at radius 1 is 0.971 bits per heavy atom. The lowest BCUT2D eigenvalue weighted by atomic mass is 9.97. The molecule has 1 aromatic heterocycles. The summed E-state index contributed by atoms with van der Waals surface area (Å²) >= 11 is 0. The number of hydrogen-bond donors (Lipinski definition) is 1. The fraction of sp³-hybridized carbons (Fsp3) is 0.385. The lowest BCUT2D eigenvalue weighted by Gasteiger charge is -2.33. The highest BCUT2D eigenvalue weighted by Gasteiger charge is 2.28. The summed E-state index contributed by atoms with van der Waals surface area (Å²) in [5.74, 6) is 0.817. The minimum absolute atomic E-state index is 0.0751. The fourth-order valence-corrected chi connectivity index (χ4v) is 6.39. The summed E-state index contributed by atoms with van der Waals surface area (Å²) in [7, 11) is -3.45. The molecule has 5 rings (SSSR count). The number of pyridine rings is 1. The Morgan fingerprint density at radius 2 is 1.76 bits per heavy atom. The third kappa shape index (κ3) is 4.79. The summed E-state index contributed by atoms with van der Waals surface area (Å²) < 4.78 is 27.4. The van der Waals surface area contributed by atoms with E-state index in [2.05, 4.69) is 10.2 Å². The molecule has 2 saturated heterocycles. The summed E-state index contributed by atoms with van der Waals surface area (Å²) in [5.41, 5.74) is 1.85. The van der Waals surface area contributed by atoms with E-state index in [1.165, 1.54) is 0 Å². The van der Waals surface area contributed by atoms with Crippen molar-refractivity contribution in [2.75, 3.05) is 31.1 Å².